The van der Waals surface area contributed by atoms with E-state index in [9.17, 15) is 10.1 Å². The summed E-state index contributed by atoms with van der Waals surface area (Å²) in [7, 11) is 0. The molecule has 1 aliphatic rings. The first-order valence-corrected chi connectivity index (χ1v) is 12.4. The highest BCUT2D eigenvalue weighted by atomic mass is 32.1. The molecule has 0 saturated carbocycles. The predicted molar refractivity (Wildman–Crippen MR) is 142 cm³/mol. The molecule has 176 valence electrons. The van der Waals surface area contributed by atoms with Gasteiger partial charge in [-0.3, -0.25) is 10.1 Å². The van der Waals surface area contributed by atoms with Crippen molar-refractivity contribution < 1.29 is 4.92 Å². The monoisotopic (exact) mass is 482 g/mol. The summed E-state index contributed by atoms with van der Waals surface area (Å²) in [5, 5.41) is 21.2. The van der Waals surface area contributed by atoms with Gasteiger partial charge in [-0.15, -0.1) is 11.3 Å². The molecule has 0 bridgehead atoms. The van der Waals surface area contributed by atoms with Crippen molar-refractivity contribution in [2.75, 3.05) is 5.01 Å². The lowest BCUT2D eigenvalue weighted by Crippen LogP contribution is -2.18. The van der Waals surface area contributed by atoms with E-state index in [0.29, 0.717) is 6.42 Å². The zero-order valence-electron chi connectivity index (χ0n) is 20.1. The predicted octanol–water partition coefficient (Wildman–Crippen LogP) is 7.31. The topological polar surface area (TPSA) is 71.6 Å². The molecule has 0 spiro atoms. The molecular formula is C28H26N4O2S. The second-order valence-electron chi connectivity index (χ2n) is 9.10. The third kappa shape index (κ3) is 4.47. The molecule has 0 fully saturated rings. The fourth-order valence-electron chi connectivity index (χ4n) is 4.40. The Hall–Kier alpha value is -3.84. The Kier molecular flexibility index (Phi) is 5.94. The number of anilines is 1. The number of aromatic nitrogens is 1. The van der Waals surface area contributed by atoms with Crippen LogP contribution in [-0.2, 0) is 0 Å². The number of nitro groups is 1. The van der Waals surface area contributed by atoms with Crippen LogP contribution in [0.5, 0.6) is 0 Å². The second-order valence-corrected chi connectivity index (χ2v) is 9.93. The van der Waals surface area contributed by atoms with Gasteiger partial charge in [0.1, 0.15) is 0 Å². The highest BCUT2D eigenvalue weighted by molar-refractivity contribution is 7.14. The van der Waals surface area contributed by atoms with Gasteiger partial charge >= 0.3 is 0 Å². The summed E-state index contributed by atoms with van der Waals surface area (Å²) in [6, 6.07) is 19.4. The van der Waals surface area contributed by atoms with E-state index in [4.69, 9.17) is 10.1 Å². The Morgan fingerprint density at radius 2 is 1.77 bits per heavy atom. The van der Waals surface area contributed by atoms with E-state index < -0.39 is 0 Å². The van der Waals surface area contributed by atoms with Crippen molar-refractivity contribution in [1.82, 2.24) is 4.98 Å². The average Bonchev–Trinajstić information content (AvgIpc) is 3.50. The van der Waals surface area contributed by atoms with Crippen LogP contribution in [-0.4, -0.2) is 15.6 Å². The number of hydrogen-bond acceptors (Lipinski definition) is 6. The fourth-order valence-corrected chi connectivity index (χ4v) is 5.24. The molecular weight excluding hydrogens is 456 g/mol. The van der Waals surface area contributed by atoms with Crippen LogP contribution in [0.2, 0.25) is 0 Å². The first-order valence-electron chi connectivity index (χ1n) is 11.5. The van der Waals surface area contributed by atoms with E-state index in [1.54, 1.807) is 12.1 Å². The number of aryl methyl sites for hydroxylation is 4. The van der Waals surface area contributed by atoms with Crippen molar-refractivity contribution in [1.29, 1.82) is 0 Å². The smallest absolute Gasteiger partial charge is 0.258 e. The van der Waals surface area contributed by atoms with Gasteiger partial charge in [-0.25, -0.2) is 9.99 Å². The van der Waals surface area contributed by atoms with Crippen LogP contribution in [0.3, 0.4) is 0 Å². The SMILES string of the molecule is Cc1ccc(C)c(C2=NN(c3nc(-c4ccc(C)c(C)c4)cs3)[C@@H](c3cccc([N+](=O)[O-])c3)C2)c1. The van der Waals surface area contributed by atoms with Gasteiger partial charge in [0, 0.05) is 35.1 Å². The van der Waals surface area contributed by atoms with E-state index in [1.165, 1.54) is 34.1 Å². The van der Waals surface area contributed by atoms with E-state index in [1.807, 2.05) is 11.1 Å². The molecule has 1 aliphatic heterocycles. The maximum Gasteiger partial charge on any atom is 0.269 e. The van der Waals surface area contributed by atoms with Crippen molar-refractivity contribution in [3.63, 3.8) is 0 Å². The summed E-state index contributed by atoms with van der Waals surface area (Å²) >= 11 is 1.54. The molecule has 35 heavy (non-hydrogen) atoms. The Morgan fingerprint density at radius 1 is 0.971 bits per heavy atom. The Bertz CT molecular complexity index is 1470. The zero-order valence-corrected chi connectivity index (χ0v) is 21.0. The van der Waals surface area contributed by atoms with Gasteiger partial charge in [0.15, 0.2) is 0 Å². The largest absolute Gasteiger partial charge is 0.269 e. The Balaban J connectivity index is 1.58. The van der Waals surface area contributed by atoms with Crippen LogP contribution < -0.4 is 5.01 Å². The lowest BCUT2D eigenvalue weighted by molar-refractivity contribution is -0.384. The normalized spacial score (nSPS) is 15.4. The first kappa shape index (κ1) is 22.9. The molecule has 7 heteroatoms. The molecule has 3 aromatic carbocycles. The number of nitrogens with zero attached hydrogens (tertiary/aromatic N) is 4. The quantitative estimate of drug-likeness (QED) is 0.221. The molecule has 0 amide bonds. The molecule has 1 aromatic heterocycles. The van der Waals surface area contributed by atoms with Crippen molar-refractivity contribution in [2.24, 2.45) is 5.10 Å². The summed E-state index contributed by atoms with van der Waals surface area (Å²) in [5.41, 5.74) is 9.78. The number of hydrazone groups is 1. The minimum Gasteiger partial charge on any atom is -0.258 e. The third-order valence-corrected chi connectivity index (χ3v) is 7.40. The van der Waals surface area contributed by atoms with Crippen LogP contribution in [0.1, 0.15) is 45.8 Å². The number of non-ortho nitro benzene ring substituents is 1. The van der Waals surface area contributed by atoms with Gasteiger partial charge in [0.05, 0.1) is 22.4 Å². The summed E-state index contributed by atoms with van der Waals surface area (Å²) < 4.78 is 0. The Labute approximate surface area is 208 Å². The van der Waals surface area contributed by atoms with Crippen molar-refractivity contribution >= 4 is 27.9 Å². The zero-order chi connectivity index (χ0) is 24.7. The maximum absolute atomic E-state index is 11.5. The number of benzene rings is 3. The summed E-state index contributed by atoms with van der Waals surface area (Å²) in [6.07, 6.45) is 0.643. The number of thiazole rings is 1. The highest BCUT2D eigenvalue weighted by Gasteiger charge is 2.33. The molecule has 2 heterocycles. The number of nitro benzene ring substituents is 1. The lowest BCUT2D eigenvalue weighted by Gasteiger charge is -2.21. The van der Waals surface area contributed by atoms with Gasteiger partial charge in [-0.2, -0.15) is 5.10 Å². The lowest BCUT2D eigenvalue weighted by atomic mass is 9.95. The Morgan fingerprint density at radius 3 is 2.54 bits per heavy atom. The molecule has 0 unspecified atom stereocenters. The fraction of sp³-hybridized carbons (Fsp3) is 0.214. The number of rotatable bonds is 5. The van der Waals surface area contributed by atoms with Crippen LogP contribution in [0, 0.1) is 37.8 Å². The van der Waals surface area contributed by atoms with Crippen LogP contribution in [0.25, 0.3) is 11.3 Å². The molecule has 0 radical (unpaired) electrons. The second kappa shape index (κ2) is 9.07. The molecule has 0 saturated heterocycles. The third-order valence-electron chi connectivity index (χ3n) is 6.57. The van der Waals surface area contributed by atoms with Crippen molar-refractivity contribution in [2.45, 2.75) is 40.2 Å². The van der Waals surface area contributed by atoms with Gasteiger partial charge < -0.3 is 0 Å². The molecule has 4 aromatic rings. The minimum atomic E-state index is -0.351. The van der Waals surface area contributed by atoms with Crippen LogP contribution >= 0.6 is 11.3 Å². The average molecular weight is 483 g/mol. The molecule has 1 atom stereocenters. The van der Waals surface area contributed by atoms with Crippen LogP contribution in [0.15, 0.2) is 71.1 Å². The summed E-state index contributed by atoms with van der Waals surface area (Å²) in [4.78, 5) is 16.0. The van der Waals surface area contributed by atoms with Gasteiger partial charge in [-0.05, 0) is 62.1 Å². The van der Waals surface area contributed by atoms with E-state index in [2.05, 4.69) is 69.5 Å². The molecule has 0 aliphatic carbocycles. The minimum absolute atomic E-state index is 0.0811. The summed E-state index contributed by atoms with van der Waals surface area (Å²) in [5.74, 6) is 0. The van der Waals surface area contributed by atoms with Gasteiger partial charge in [0.2, 0.25) is 5.13 Å². The highest BCUT2D eigenvalue weighted by Crippen LogP contribution is 2.40. The van der Waals surface area contributed by atoms with E-state index in [0.717, 1.165) is 38.8 Å². The first-order chi connectivity index (χ1) is 16.8. The molecule has 5 rings (SSSR count). The molecule has 0 N–H and O–H groups in total. The summed E-state index contributed by atoms with van der Waals surface area (Å²) in [6.45, 7) is 8.36. The molecule has 6 nitrogen and oxygen atoms in total. The van der Waals surface area contributed by atoms with Crippen molar-refractivity contribution in [3.8, 4) is 11.3 Å². The van der Waals surface area contributed by atoms with Gasteiger partial charge in [0.25, 0.3) is 5.69 Å². The van der Waals surface area contributed by atoms with E-state index in [-0.39, 0.29) is 16.7 Å². The number of hydrogen-bond donors (Lipinski definition) is 0. The standard InChI is InChI=1S/C28H26N4O2S/c1-17-8-9-19(3)24(12-17)25-15-27(22-6-5-7-23(14-22)32(33)34)31(30-25)28-29-26(16-35-28)21-11-10-18(2)20(4)13-21/h5-14,16,27H,15H2,1-4H3/t27-/m1/s1. The van der Waals surface area contributed by atoms with Crippen molar-refractivity contribution in [3.05, 3.63) is 110 Å². The maximum atomic E-state index is 11.5. The van der Waals surface area contributed by atoms with E-state index >= 15 is 0 Å². The van der Waals surface area contributed by atoms with Gasteiger partial charge in [-0.1, -0.05) is 42.0 Å². The van der Waals surface area contributed by atoms with Crippen LogP contribution in [0.4, 0.5) is 10.8 Å².